The summed E-state index contributed by atoms with van der Waals surface area (Å²) in [7, 11) is 1.67. The van der Waals surface area contributed by atoms with Crippen molar-refractivity contribution in [1.82, 2.24) is 5.32 Å². The first kappa shape index (κ1) is 14.2. The van der Waals surface area contributed by atoms with Crippen molar-refractivity contribution >= 4 is 0 Å². The second kappa shape index (κ2) is 7.39. The molecule has 1 aromatic rings. The van der Waals surface area contributed by atoms with Gasteiger partial charge in [-0.1, -0.05) is 12.8 Å². The zero-order valence-electron chi connectivity index (χ0n) is 12.0. The van der Waals surface area contributed by atoms with Gasteiger partial charge in [0.05, 0.1) is 7.11 Å². The minimum Gasteiger partial charge on any atom is -0.497 e. The third-order valence-corrected chi connectivity index (χ3v) is 4.00. The van der Waals surface area contributed by atoms with Crippen LogP contribution in [0.3, 0.4) is 0 Å². The van der Waals surface area contributed by atoms with Crippen molar-refractivity contribution in [1.29, 1.82) is 0 Å². The Bertz CT molecular complexity index is 358. The summed E-state index contributed by atoms with van der Waals surface area (Å²) in [5, 5.41) is 3.57. The van der Waals surface area contributed by atoms with Crippen molar-refractivity contribution in [2.45, 2.75) is 38.6 Å². The van der Waals surface area contributed by atoms with Gasteiger partial charge >= 0.3 is 0 Å². The lowest BCUT2D eigenvalue weighted by molar-refractivity contribution is 0.290. The molecule has 1 N–H and O–H groups in total. The molecule has 1 aromatic carbocycles. The Labute approximate surface area is 116 Å². The largest absolute Gasteiger partial charge is 0.497 e. The Morgan fingerprint density at radius 1 is 1.16 bits per heavy atom. The minimum absolute atomic E-state index is 0.613. The Hall–Kier alpha value is -1.22. The van der Waals surface area contributed by atoms with E-state index >= 15 is 0 Å². The molecule has 3 heteroatoms. The van der Waals surface area contributed by atoms with Crippen LogP contribution in [0.2, 0.25) is 0 Å². The fourth-order valence-corrected chi connectivity index (χ4v) is 2.75. The van der Waals surface area contributed by atoms with E-state index in [0.29, 0.717) is 12.6 Å². The zero-order chi connectivity index (χ0) is 13.5. The summed E-state index contributed by atoms with van der Waals surface area (Å²) in [6, 6.07) is 8.34. The van der Waals surface area contributed by atoms with E-state index in [4.69, 9.17) is 9.47 Å². The van der Waals surface area contributed by atoms with E-state index in [9.17, 15) is 0 Å². The maximum Gasteiger partial charge on any atom is 0.119 e. The normalized spacial score (nSPS) is 17.4. The number of hydrogen-bond donors (Lipinski definition) is 1. The molecular weight excluding hydrogens is 238 g/mol. The monoisotopic (exact) mass is 263 g/mol. The molecule has 0 heterocycles. The average molecular weight is 263 g/mol. The lowest BCUT2D eigenvalue weighted by atomic mass is 10.00. The second-order valence-corrected chi connectivity index (χ2v) is 5.31. The molecule has 0 aromatic heterocycles. The molecule has 1 fully saturated rings. The summed E-state index contributed by atoms with van der Waals surface area (Å²) in [6.07, 6.45) is 5.57. The van der Waals surface area contributed by atoms with Crippen molar-refractivity contribution in [3.63, 3.8) is 0 Å². The van der Waals surface area contributed by atoms with Crippen LogP contribution in [-0.2, 0) is 0 Å². The maximum absolute atomic E-state index is 5.70. The molecule has 0 saturated heterocycles. The molecule has 1 aliphatic carbocycles. The average Bonchev–Trinajstić information content (AvgIpc) is 2.98. The van der Waals surface area contributed by atoms with Crippen LogP contribution in [-0.4, -0.2) is 26.3 Å². The molecule has 1 atom stereocenters. The van der Waals surface area contributed by atoms with Crippen LogP contribution in [0.4, 0.5) is 0 Å². The molecule has 0 aliphatic heterocycles. The van der Waals surface area contributed by atoms with Crippen molar-refractivity contribution in [2.24, 2.45) is 5.92 Å². The first-order chi connectivity index (χ1) is 9.29. The van der Waals surface area contributed by atoms with Gasteiger partial charge in [-0.3, -0.25) is 0 Å². The van der Waals surface area contributed by atoms with Crippen LogP contribution < -0.4 is 14.8 Å². The molecule has 0 spiro atoms. The van der Waals surface area contributed by atoms with Crippen LogP contribution in [0, 0.1) is 5.92 Å². The van der Waals surface area contributed by atoms with Gasteiger partial charge in [0.2, 0.25) is 0 Å². The number of methoxy groups -OCH3 is 1. The molecule has 19 heavy (non-hydrogen) atoms. The number of benzene rings is 1. The molecule has 0 bridgehead atoms. The van der Waals surface area contributed by atoms with E-state index in [-0.39, 0.29) is 0 Å². The van der Waals surface area contributed by atoms with Crippen molar-refractivity contribution in [3.05, 3.63) is 24.3 Å². The molecule has 2 rings (SSSR count). The molecule has 1 saturated carbocycles. The highest BCUT2D eigenvalue weighted by atomic mass is 16.5. The number of nitrogens with one attached hydrogen (secondary N) is 1. The van der Waals surface area contributed by atoms with E-state index in [0.717, 1.165) is 24.0 Å². The van der Waals surface area contributed by atoms with E-state index in [1.54, 1.807) is 7.11 Å². The minimum atomic E-state index is 0.613. The van der Waals surface area contributed by atoms with Crippen molar-refractivity contribution < 1.29 is 9.47 Å². The van der Waals surface area contributed by atoms with E-state index in [1.165, 1.54) is 25.7 Å². The summed E-state index contributed by atoms with van der Waals surface area (Å²) in [5.74, 6) is 2.62. The molecule has 1 aliphatic rings. The predicted molar refractivity (Wildman–Crippen MR) is 77.9 cm³/mol. The Morgan fingerprint density at radius 3 is 2.42 bits per heavy atom. The van der Waals surface area contributed by atoms with E-state index < -0.39 is 0 Å². The highest BCUT2D eigenvalue weighted by Gasteiger charge is 2.20. The SMILES string of the molecule is COc1ccc(OCCN[C@H](C)C2CCCC2)cc1. The number of ether oxygens (including phenoxy) is 2. The van der Waals surface area contributed by atoms with Gasteiger partial charge in [-0.25, -0.2) is 0 Å². The smallest absolute Gasteiger partial charge is 0.119 e. The van der Waals surface area contributed by atoms with E-state index in [1.807, 2.05) is 24.3 Å². The Balaban J connectivity index is 1.62. The van der Waals surface area contributed by atoms with Gasteiger partial charge in [0.1, 0.15) is 18.1 Å². The predicted octanol–water partition coefficient (Wildman–Crippen LogP) is 3.24. The zero-order valence-corrected chi connectivity index (χ0v) is 12.0. The Kier molecular flexibility index (Phi) is 5.52. The van der Waals surface area contributed by atoms with Crippen LogP contribution in [0.5, 0.6) is 11.5 Å². The van der Waals surface area contributed by atoms with Gasteiger partial charge in [0, 0.05) is 12.6 Å². The third-order valence-electron chi connectivity index (χ3n) is 4.00. The summed E-state index contributed by atoms with van der Waals surface area (Å²) >= 11 is 0. The Morgan fingerprint density at radius 2 is 1.79 bits per heavy atom. The molecule has 106 valence electrons. The first-order valence-electron chi connectivity index (χ1n) is 7.30. The van der Waals surface area contributed by atoms with Gasteiger partial charge in [-0.2, -0.15) is 0 Å². The number of rotatable bonds is 7. The second-order valence-electron chi connectivity index (χ2n) is 5.31. The van der Waals surface area contributed by atoms with Crippen LogP contribution in [0.1, 0.15) is 32.6 Å². The fraction of sp³-hybridized carbons (Fsp3) is 0.625. The molecule has 0 radical (unpaired) electrons. The van der Waals surface area contributed by atoms with Gasteiger partial charge in [-0.05, 0) is 49.9 Å². The molecular formula is C16H25NO2. The summed E-state index contributed by atoms with van der Waals surface area (Å²) in [4.78, 5) is 0. The number of hydrogen-bond acceptors (Lipinski definition) is 3. The lowest BCUT2D eigenvalue weighted by Gasteiger charge is -2.20. The van der Waals surface area contributed by atoms with Crippen molar-refractivity contribution in [2.75, 3.05) is 20.3 Å². The molecule has 3 nitrogen and oxygen atoms in total. The molecule has 0 amide bonds. The molecule has 0 unspecified atom stereocenters. The van der Waals surface area contributed by atoms with Gasteiger partial charge in [-0.15, -0.1) is 0 Å². The quantitative estimate of drug-likeness (QED) is 0.766. The summed E-state index contributed by atoms with van der Waals surface area (Å²) < 4.78 is 10.8. The highest BCUT2D eigenvalue weighted by Crippen LogP contribution is 2.27. The van der Waals surface area contributed by atoms with Gasteiger partial charge < -0.3 is 14.8 Å². The fourth-order valence-electron chi connectivity index (χ4n) is 2.75. The van der Waals surface area contributed by atoms with Gasteiger partial charge in [0.25, 0.3) is 0 Å². The lowest BCUT2D eigenvalue weighted by Crippen LogP contribution is -2.35. The highest BCUT2D eigenvalue weighted by molar-refractivity contribution is 5.31. The first-order valence-corrected chi connectivity index (χ1v) is 7.30. The van der Waals surface area contributed by atoms with Crippen LogP contribution >= 0.6 is 0 Å². The summed E-state index contributed by atoms with van der Waals surface area (Å²) in [5.41, 5.74) is 0. The topological polar surface area (TPSA) is 30.5 Å². The van der Waals surface area contributed by atoms with Crippen LogP contribution in [0.25, 0.3) is 0 Å². The van der Waals surface area contributed by atoms with E-state index in [2.05, 4.69) is 12.2 Å². The summed E-state index contributed by atoms with van der Waals surface area (Å²) in [6.45, 7) is 3.91. The standard InChI is InChI=1S/C16H25NO2/c1-13(14-5-3-4-6-14)17-11-12-19-16-9-7-15(18-2)8-10-16/h7-10,13-14,17H,3-6,11-12H2,1-2H3/t13-/m1/s1. The van der Waals surface area contributed by atoms with Crippen molar-refractivity contribution in [3.8, 4) is 11.5 Å². The maximum atomic E-state index is 5.70. The van der Waals surface area contributed by atoms with Gasteiger partial charge in [0.15, 0.2) is 0 Å². The third kappa shape index (κ3) is 4.43. The van der Waals surface area contributed by atoms with Crippen LogP contribution in [0.15, 0.2) is 24.3 Å².